The van der Waals surface area contributed by atoms with Crippen molar-refractivity contribution in [1.82, 2.24) is 9.55 Å². The van der Waals surface area contributed by atoms with Crippen molar-refractivity contribution in [2.45, 2.75) is 25.7 Å². The zero-order valence-corrected chi connectivity index (χ0v) is 9.82. The van der Waals surface area contributed by atoms with Crippen LogP contribution in [0, 0.1) is 0 Å². The molecule has 2 aromatic heterocycles. The number of nitrogens with one attached hydrogen (secondary N) is 1. The Morgan fingerprint density at radius 2 is 2.00 bits per heavy atom. The van der Waals surface area contributed by atoms with Crippen LogP contribution in [0.1, 0.15) is 23.3 Å². The van der Waals surface area contributed by atoms with Gasteiger partial charge in [-0.05, 0) is 31.2 Å². The molecule has 2 heterocycles. The predicted octanol–water partition coefficient (Wildman–Crippen LogP) is 1.17. The summed E-state index contributed by atoms with van der Waals surface area (Å²) < 4.78 is 1.16. The van der Waals surface area contributed by atoms with Gasteiger partial charge in [0.15, 0.2) is 0 Å². The highest BCUT2D eigenvalue weighted by Gasteiger charge is 2.19. The lowest BCUT2D eigenvalue weighted by atomic mass is 9.97. The van der Waals surface area contributed by atoms with E-state index in [4.69, 9.17) is 0 Å². The van der Waals surface area contributed by atoms with E-state index in [1.165, 1.54) is 23.9 Å². The first-order chi connectivity index (χ1) is 7.68. The van der Waals surface area contributed by atoms with E-state index in [0.717, 1.165) is 34.0 Å². The SMILES string of the molecule is Cn1c(=O)[nH]c2sc3c(c2c1=O)CCCC3. The molecule has 0 fully saturated rings. The van der Waals surface area contributed by atoms with Crippen LogP contribution in [0.5, 0.6) is 0 Å². The number of rotatable bonds is 0. The number of aromatic amines is 1. The minimum absolute atomic E-state index is 0.154. The predicted molar refractivity (Wildman–Crippen MR) is 64.3 cm³/mol. The normalized spacial score (nSPS) is 15.3. The van der Waals surface area contributed by atoms with Gasteiger partial charge in [0.25, 0.3) is 5.56 Å². The van der Waals surface area contributed by atoms with Crippen LogP contribution in [-0.2, 0) is 19.9 Å². The molecule has 0 saturated carbocycles. The fraction of sp³-hybridized carbons (Fsp3) is 0.455. The van der Waals surface area contributed by atoms with Crippen molar-refractivity contribution in [3.8, 4) is 0 Å². The molecule has 2 aromatic rings. The molecule has 0 saturated heterocycles. The van der Waals surface area contributed by atoms with Crippen LogP contribution < -0.4 is 11.2 Å². The number of fused-ring (bicyclic) bond motifs is 3. The Morgan fingerprint density at radius 3 is 2.81 bits per heavy atom. The van der Waals surface area contributed by atoms with Gasteiger partial charge in [0, 0.05) is 11.9 Å². The van der Waals surface area contributed by atoms with Crippen molar-refractivity contribution in [3.63, 3.8) is 0 Å². The quantitative estimate of drug-likeness (QED) is 0.746. The van der Waals surface area contributed by atoms with Crippen LogP contribution in [0.25, 0.3) is 10.2 Å². The molecule has 0 spiro atoms. The lowest BCUT2D eigenvalue weighted by Gasteiger charge is -2.09. The summed E-state index contributed by atoms with van der Waals surface area (Å²) in [5, 5.41) is 0.738. The van der Waals surface area contributed by atoms with Crippen LogP contribution in [0.4, 0.5) is 0 Å². The van der Waals surface area contributed by atoms with E-state index >= 15 is 0 Å². The number of hydrogen-bond acceptors (Lipinski definition) is 3. The van der Waals surface area contributed by atoms with E-state index in [2.05, 4.69) is 4.98 Å². The van der Waals surface area contributed by atoms with Crippen molar-refractivity contribution in [1.29, 1.82) is 0 Å². The zero-order chi connectivity index (χ0) is 11.3. The number of H-pyrrole nitrogens is 1. The Balaban J connectivity index is 2.50. The monoisotopic (exact) mass is 236 g/mol. The maximum absolute atomic E-state index is 12.0. The molecule has 84 valence electrons. The number of aryl methyl sites for hydroxylation is 2. The van der Waals surface area contributed by atoms with E-state index in [-0.39, 0.29) is 11.2 Å². The highest BCUT2D eigenvalue weighted by Crippen LogP contribution is 2.32. The van der Waals surface area contributed by atoms with E-state index in [0.29, 0.717) is 0 Å². The molecule has 0 amide bonds. The summed E-state index contributed by atoms with van der Waals surface area (Å²) in [6.45, 7) is 0. The summed E-state index contributed by atoms with van der Waals surface area (Å²) in [4.78, 5) is 28.3. The molecule has 4 nitrogen and oxygen atoms in total. The molecule has 0 bridgehead atoms. The van der Waals surface area contributed by atoms with Gasteiger partial charge in [-0.25, -0.2) is 4.79 Å². The average molecular weight is 236 g/mol. The Hall–Kier alpha value is -1.36. The largest absolute Gasteiger partial charge is 0.329 e. The number of thiophene rings is 1. The van der Waals surface area contributed by atoms with Crippen LogP contribution in [-0.4, -0.2) is 9.55 Å². The highest BCUT2D eigenvalue weighted by atomic mass is 32.1. The molecule has 0 aliphatic heterocycles. The lowest BCUT2D eigenvalue weighted by molar-refractivity contribution is 0.698. The Morgan fingerprint density at radius 1 is 1.25 bits per heavy atom. The first-order valence-electron chi connectivity index (χ1n) is 5.42. The summed E-state index contributed by atoms with van der Waals surface area (Å²) in [5.41, 5.74) is 0.692. The van der Waals surface area contributed by atoms with Crippen molar-refractivity contribution in [3.05, 3.63) is 31.3 Å². The molecule has 16 heavy (non-hydrogen) atoms. The number of hydrogen-bond donors (Lipinski definition) is 1. The third-order valence-electron chi connectivity index (χ3n) is 3.21. The summed E-state index contributed by atoms with van der Waals surface area (Å²) in [6.07, 6.45) is 4.34. The first-order valence-corrected chi connectivity index (χ1v) is 6.23. The minimum atomic E-state index is -0.323. The number of nitrogens with zero attached hydrogens (tertiary/aromatic N) is 1. The highest BCUT2D eigenvalue weighted by molar-refractivity contribution is 7.18. The molecule has 0 aromatic carbocycles. The fourth-order valence-corrected chi connectivity index (χ4v) is 3.59. The van der Waals surface area contributed by atoms with Gasteiger partial charge in [0.1, 0.15) is 4.83 Å². The molecule has 1 aliphatic carbocycles. The van der Waals surface area contributed by atoms with Gasteiger partial charge in [-0.2, -0.15) is 0 Å². The summed E-state index contributed by atoms with van der Waals surface area (Å²) >= 11 is 1.57. The van der Waals surface area contributed by atoms with Gasteiger partial charge < -0.3 is 0 Å². The van der Waals surface area contributed by atoms with Gasteiger partial charge in [-0.15, -0.1) is 11.3 Å². The smallest absolute Gasteiger partial charge is 0.298 e. The molecule has 1 N–H and O–H groups in total. The molecule has 0 radical (unpaired) electrons. The molecular formula is C11H12N2O2S. The standard InChI is InChI=1S/C11H12N2O2S/c1-13-10(14)8-6-4-2-3-5-7(6)16-9(8)12-11(13)15/h2-5H2,1H3,(H,12,15). The van der Waals surface area contributed by atoms with E-state index in [9.17, 15) is 9.59 Å². The topological polar surface area (TPSA) is 54.9 Å². The maximum atomic E-state index is 12.0. The van der Waals surface area contributed by atoms with Gasteiger partial charge >= 0.3 is 5.69 Å². The molecular weight excluding hydrogens is 224 g/mol. The van der Waals surface area contributed by atoms with Crippen LogP contribution in [0.2, 0.25) is 0 Å². The van der Waals surface area contributed by atoms with E-state index in [1.54, 1.807) is 11.3 Å². The van der Waals surface area contributed by atoms with Crippen molar-refractivity contribution in [2.24, 2.45) is 7.05 Å². The average Bonchev–Trinajstić information content (AvgIpc) is 2.64. The third-order valence-corrected chi connectivity index (χ3v) is 4.42. The van der Waals surface area contributed by atoms with Crippen LogP contribution >= 0.6 is 11.3 Å². The molecule has 1 aliphatic rings. The summed E-state index contributed by atoms with van der Waals surface area (Å²) in [6, 6.07) is 0. The fourth-order valence-electron chi connectivity index (χ4n) is 2.32. The van der Waals surface area contributed by atoms with Gasteiger partial charge in [-0.1, -0.05) is 0 Å². The maximum Gasteiger partial charge on any atom is 0.329 e. The Labute approximate surface area is 95.5 Å². The number of aromatic nitrogens is 2. The summed E-state index contributed by atoms with van der Waals surface area (Å²) in [7, 11) is 1.52. The second-order valence-electron chi connectivity index (χ2n) is 4.21. The van der Waals surface area contributed by atoms with Crippen molar-refractivity contribution in [2.75, 3.05) is 0 Å². The second kappa shape index (κ2) is 3.31. The first kappa shape index (κ1) is 9.84. The molecule has 0 unspecified atom stereocenters. The second-order valence-corrected chi connectivity index (χ2v) is 5.31. The minimum Gasteiger partial charge on any atom is -0.298 e. The molecule has 5 heteroatoms. The molecule has 3 rings (SSSR count). The zero-order valence-electron chi connectivity index (χ0n) is 9.00. The van der Waals surface area contributed by atoms with Crippen molar-refractivity contribution < 1.29 is 0 Å². The molecule has 0 atom stereocenters. The van der Waals surface area contributed by atoms with Crippen LogP contribution in [0.15, 0.2) is 9.59 Å². The van der Waals surface area contributed by atoms with E-state index < -0.39 is 0 Å². The Bertz CT molecular complexity index is 678. The summed E-state index contributed by atoms with van der Waals surface area (Å²) in [5.74, 6) is 0. The van der Waals surface area contributed by atoms with Gasteiger partial charge in [0.05, 0.1) is 5.39 Å². The van der Waals surface area contributed by atoms with Gasteiger partial charge in [-0.3, -0.25) is 14.3 Å². The Kier molecular flexibility index (Phi) is 2.04. The lowest BCUT2D eigenvalue weighted by Crippen LogP contribution is -2.32. The van der Waals surface area contributed by atoms with Gasteiger partial charge in [0.2, 0.25) is 0 Å². The van der Waals surface area contributed by atoms with Crippen LogP contribution in [0.3, 0.4) is 0 Å². The van der Waals surface area contributed by atoms with E-state index in [1.807, 2.05) is 0 Å². The third kappa shape index (κ3) is 1.21. The van der Waals surface area contributed by atoms with Crippen molar-refractivity contribution >= 4 is 21.6 Å².